The number of amides is 1. The van der Waals surface area contributed by atoms with Gasteiger partial charge in [-0.2, -0.15) is 5.26 Å². The molecule has 2 aromatic rings. The van der Waals surface area contributed by atoms with Gasteiger partial charge in [-0.15, -0.1) is 0 Å². The zero-order chi connectivity index (χ0) is 13.8. The summed E-state index contributed by atoms with van der Waals surface area (Å²) in [5.74, 6) is -0.169. The molecule has 4 heteroatoms. The Balaban J connectivity index is 2.24. The number of nitrogens with zero attached hydrogens (tertiary/aromatic N) is 1. The van der Waals surface area contributed by atoms with Crippen LogP contribution in [-0.2, 0) is 0 Å². The van der Waals surface area contributed by atoms with Gasteiger partial charge >= 0.3 is 0 Å². The maximum Gasteiger partial charge on any atom is 0.255 e. The summed E-state index contributed by atoms with van der Waals surface area (Å²) in [6.45, 7) is 1.85. The van der Waals surface area contributed by atoms with Gasteiger partial charge in [0.05, 0.1) is 11.6 Å². The Kier molecular flexibility index (Phi) is 3.48. The van der Waals surface area contributed by atoms with Crippen molar-refractivity contribution in [1.29, 1.82) is 5.26 Å². The van der Waals surface area contributed by atoms with Gasteiger partial charge in [-0.1, -0.05) is 6.07 Å². The number of anilines is 1. The first kappa shape index (κ1) is 12.7. The molecule has 0 radical (unpaired) electrons. The third-order valence-corrected chi connectivity index (χ3v) is 2.74. The Morgan fingerprint density at radius 1 is 1.21 bits per heavy atom. The van der Waals surface area contributed by atoms with Gasteiger partial charge in [-0.25, -0.2) is 0 Å². The number of hydrogen-bond acceptors (Lipinski definition) is 3. The van der Waals surface area contributed by atoms with Gasteiger partial charge in [0.2, 0.25) is 0 Å². The lowest BCUT2D eigenvalue weighted by atomic mass is 10.1. The number of carbonyl (C=O) groups excluding carboxylic acids is 1. The van der Waals surface area contributed by atoms with E-state index in [1.807, 2.05) is 13.0 Å². The maximum absolute atomic E-state index is 12.0. The van der Waals surface area contributed by atoms with E-state index in [0.717, 1.165) is 5.56 Å². The van der Waals surface area contributed by atoms with Crippen molar-refractivity contribution in [3.8, 4) is 11.8 Å². The van der Waals surface area contributed by atoms with Crippen LogP contribution in [0.4, 0.5) is 5.69 Å². The highest BCUT2D eigenvalue weighted by Crippen LogP contribution is 2.18. The number of nitrogens with one attached hydrogen (secondary N) is 1. The smallest absolute Gasteiger partial charge is 0.255 e. The fourth-order valence-corrected chi connectivity index (χ4v) is 1.63. The molecule has 0 bridgehead atoms. The summed E-state index contributed by atoms with van der Waals surface area (Å²) in [4.78, 5) is 12.0. The summed E-state index contributed by atoms with van der Waals surface area (Å²) in [6, 6.07) is 13.1. The van der Waals surface area contributed by atoms with Gasteiger partial charge in [-0.3, -0.25) is 4.79 Å². The molecule has 94 valence electrons. The van der Waals surface area contributed by atoms with Crippen LogP contribution in [0.1, 0.15) is 21.5 Å². The summed E-state index contributed by atoms with van der Waals surface area (Å²) in [5, 5.41) is 20.8. The van der Waals surface area contributed by atoms with Crippen LogP contribution in [0.5, 0.6) is 5.75 Å². The SMILES string of the molecule is Cc1ccc(C#N)cc1NC(=O)c1ccc(O)cc1. The van der Waals surface area contributed by atoms with E-state index in [9.17, 15) is 9.90 Å². The molecule has 0 unspecified atom stereocenters. The standard InChI is InChI=1S/C15H12N2O2/c1-10-2-3-11(9-16)8-14(10)17-15(19)12-4-6-13(18)7-5-12/h2-8,18H,1H3,(H,17,19). The van der Waals surface area contributed by atoms with Crippen molar-refractivity contribution in [3.05, 3.63) is 59.2 Å². The van der Waals surface area contributed by atoms with E-state index in [0.29, 0.717) is 16.8 Å². The van der Waals surface area contributed by atoms with Gasteiger partial charge in [-0.05, 0) is 48.9 Å². The van der Waals surface area contributed by atoms with Crippen LogP contribution in [0.2, 0.25) is 0 Å². The Morgan fingerprint density at radius 3 is 2.53 bits per heavy atom. The van der Waals surface area contributed by atoms with Crippen LogP contribution in [-0.4, -0.2) is 11.0 Å². The first-order chi connectivity index (χ1) is 9.10. The molecule has 0 atom stereocenters. The molecular weight excluding hydrogens is 240 g/mol. The van der Waals surface area contributed by atoms with E-state index < -0.39 is 0 Å². The zero-order valence-corrected chi connectivity index (χ0v) is 10.3. The van der Waals surface area contributed by atoms with Crippen LogP contribution in [0.15, 0.2) is 42.5 Å². The molecule has 0 fully saturated rings. The topological polar surface area (TPSA) is 73.1 Å². The molecule has 0 spiro atoms. The summed E-state index contributed by atoms with van der Waals surface area (Å²) in [5.41, 5.74) is 2.43. The van der Waals surface area contributed by atoms with E-state index in [1.165, 1.54) is 24.3 Å². The third-order valence-electron chi connectivity index (χ3n) is 2.74. The summed E-state index contributed by atoms with van der Waals surface area (Å²) < 4.78 is 0. The first-order valence-electron chi connectivity index (χ1n) is 5.71. The number of aromatic hydroxyl groups is 1. The van der Waals surface area contributed by atoms with Crippen molar-refractivity contribution >= 4 is 11.6 Å². The van der Waals surface area contributed by atoms with Crippen LogP contribution >= 0.6 is 0 Å². The molecule has 0 heterocycles. The van der Waals surface area contributed by atoms with E-state index in [1.54, 1.807) is 18.2 Å². The first-order valence-corrected chi connectivity index (χ1v) is 5.71. The second-order valence-electron chi connectivity index (χ2n) is 4.14. The van der Waals surface area contributed by atoms with E-state index in [2.05, 4.69) is 5.32 Å². The summed E-state index contributed by atoms with van der Waals surface area (Å²) in [7, 11) is 0. The van der Waals surface area contributed by atoms with Crippen LogP contribution in [0, 0.1) is 18.3 Å². The van der Waals surface area contributed by atoms with Gasteiger partial charge in [0.1, 0.15) is 5.75 Å². The predicted octanol–water partition coefficient (Wildman–Crippen LogP) is 2.82. The molecule has 0 saturated carbocycles. The molecule has 2 rings (SSSR count). The second-order valence-corrected chi connectivity index (χ2v) is 4.14. The molecular formula is C15H12N2O2. The minimum atomic E-state index is -0.279. The minimum absolute atomic E-state index is 0.110. The number of rotatable bonds is 2. The Labute approximate surface area is 110 Å². The third kappa shape index (κ3) is 2.90. The number of phenolic OH excluding ortho intramolecular Hbond substituents is 1. The van der Waals surface area contributed by atoms with Gasteiger partial charge < -0.3 is 10.4 Å². The second kappa shape index (κ2) is 5.23. The molecule has 4 nitrogen and oxygen atoms in total. The molecule has 0 aliphatic rings. The molecule has 2 aromatic carbocycles. The number of benzene rings is 2. The van der Waals surface area contributed by atoms with Crippen molar-refractivity contribution < 1.29 is 9.90 Å². The average molecular weight is 252 g/mol. The van der Waals surface area contributed by atoms with Gasteiger partial charge in [0.25, 0.3) is 5.91 Å². The normalized spacial score (nSPS) is 9.68. The summed E-state index contributed by atoms with van der Waals surface area (Å²) in [6.07, 6.45) is 0. The van der Waals surface area contributed by atoms with E-state index >= 15 is 0 Å². The Morgan fingerprint density at radius 2 is 1.89 bits per heavy atom. The molecule has 0 saturated heterocycles. The number of aryl methyl sites for hydroxylation is 1. The number of nitriles is 1. The zero-order valence-electron chi connectivity index (χ0n) is 10.3. The molecule has 0 aliphatic carbocycles. The van der Waals surface area contributed by atoms with Crippen molar-refractivity contribution in [2.24, 2.45) is 0 Å². The van der Waals surface area contributed by atoms with Crippen molar-refractivity contribution in [2.45, 2.75) is 6.92 Å². The maximum atomic E-state index is 12.0. The quantitative estimate of drug-likeness (QED) is 0.863. The molecule has 19 heavy (non-hydrogen) atoms. The number of hydrogen-bond donors (Lipinski definition) is 2. The van der Waals surface area contributed by atoms with E-state index in [4.69, 9.17) is 5.26 Å². The predicted molar refractivity (Wildman–Crippen MR) is 72.0 cm³/mol. The summed E-state index contributed by atoms with van der Waals surface area (Å²) >= 11 is 0. The van der Waals surface area contributed by atoms with Gasteiger partial charge in [0.15, 0.2) is 0 Å². The lowest BCUT2D eigenvalue weighted by molar-refractivity contribution is 0.102. The molecule has 0 aromatic heterocycles. The average Bonchev–Trinajstić information content (AvgIpc) is 2.42. The number of carbonyl (C=O) groups is 1. The Bertz CT molecular complexity index is 655. The fourth-order valence-electron chi connectivity index (χ4n) is 1.63. The molecule has 2 N–H and O–H groups in total. The van der Waals surface area contributed by atoms with Crippen LogP contribution < -0.4 is 5.32 Å². The highest BCUT2D eigenvalue weighted by molar-refractivity contribution is 6.04. The van der Waals surface area contributed by atoms with Crippen molar-refractivity contribution in [1.82, 2.24) is 0 Å². The number of phenols is 1. The van der Waals surface area contributed by atoms with Crippen LogP contribution in [0.3, 0.4) is 0 Å². The fraction of sp³-hybridized carbons (Fsp3) is 0.0667. The largest absolute Gasteiger partial charge is 0.508 e. The monoisotopic (exact) mass is 252 g/mol. The molecule has 0 aliphatic heterocycles. The van der Waals surface area contributed by atoms with Gasteiger partial charge in [0, 0.05) is 11.3 Å². The molecule has 1 amide bonds. The van der Waals surface area contributed by atoms with E-state index in [-0.39, 0.29) is 11.7 Å². The van der Waals surface area contributed by atoms with Crippen molar-refractivity contribution in [2.75, 3.05) is 5.32 Å². The van der Waals surface area contributed by atoms with Crippen molar-refractivity contribution in [3.63, 3.8) is 0 Å². The highest BCUT2D eigenvalue weighted by atomic mass is 16.3. The Hall–Kier alpha value is -2.80. The highest BCUT2D eigenvalue weighted by Gasteiger charge is 2.08. The minimum Gasteiger partial charge on any atom is -0.508 e. The van der Waals surface area contributed by atoms with Crippen LogP contribution in [0.25, 0.3) is 0 Å². The lowest BCUT2D eigenvalue weighted by Gasteiger charge is -2.08. The lowest BCUT2D eigenvalue weighted by Crippen LogP contribution is -2.12.